The number of aryl methyl sites for hydroxylation is 1. The third-order valence-corrected chi connectivity index (χ3v) is 5.09. The van der Waals surface area contributed by atoms with E-state index in [1.165, 1.54) is 11.8 Å². The van der Waals surface area contributed by atoms with Crippen LogP contribution >= 0.6 is 11.8 Å². The Hall–Kier alpha value is -3.06. The van der Waals surface area contributed by atoms with E-state index in [2.05, 4.69) is 15.5 Å². The van der Waals surface area contributed by atoms with Crippen LogP contribution in [0.2, 0.25) is 0 Å². The molecule has 0 aliphatic carbocycles. The van der Waals surface area contributed by atoms with Gasteiger partial charge in [-0.2, -0.15) is 0 Å². The quantitative estimate of drug-likeness (QED) is 0.496. The first-order valence-corrected chi connectivity index (χ1v) is 9.32. The van der Waals surface area contributed by atoms with Gasteiger partial charge in [0.1, 0.15) is 5.76 Å². The minimum absolute atomic E-state index is 0.130. The molecule has 0 aliphatic rings. The highest BCUT2D eigenvalue weighted by Gasteiger charge is 2.20. The minimum atomic E-state index is -0.393. The van der Waals surface area contributed by atoms with E-state index >= 15 is 0 Å². The molecule has 2 heterocycles. The molecule has 2 aromatic heterocycles. The number of carbonyl (C=O) groups excluding carboxylic acids is 1. The Balaban J connectivity index is 1.43. The fourth-order valence-corrected chi connectivity index (χ4v) is 3.37. The number of rotatable bonds is 5. The molecule has 136 valence electrons. The van der Waals surface area contributed by atoms with Crippen LogP contribution in [0.25, 0.3) is 22.2 Å². The molecule has 1 N–H and O–H groups in total. The molecule has 0 aliphatic heterocycles. The molecule has 4 rings (SSSR count). The topological polar surface area (TPSA) is 81.2 Å². The molecule has 0 spiro atoms. The van der Waals surface area contributed by atoms with Crippen molar-refractivity contribution >= 4 is 34.1 Å². The molecule has 0 unspecified atom stereocenters. The highest BCUT2D eigenvalue weighted by molar-refractivity contribution is 8.00. The normalized spacial score (nSPS) is 12.2. The number of thioether (sulfide) groups is 1. The summed E-state index contributed by atoms with van der Waals surface area (Å²) in [5, 5.41) is 13.1. The van der Waals surface area contributed by atoms with Crippen LogP contribution in [0, 0.1) is 6.92 Å². The first-order valence-electron chi connectivity index (χ1n) is 8.44. The highest BCUT2D eigenvalue weighted by Crippen LogP contribution is 2.29. The molecule has 4 aromatic rings. The van der Waals surface area contributed by atoms with Gasteiger partial charge in [0, 0.05) is 5.69 Å². The largest absolute Gasteiger partial charge is 0.469 e. The van der Waals surface area contributed by atoms with Gasteiger partial charge >= 0.3 is 0 Å². The Kier molecular flexibility index (Phi) is 4.68. The summed E-state index contributed by atoms with van der Waals surface area (Å²) in [5.41, 5.74) is 1.51. The lowest BCUT2D eigenvalue weighted by molar-refractivity contribution is -0.115. The molecule has 1 atom stereocenters. The number of nitrogens with one attached hydrogen (secondary N) is 1. The van der Waals surface area contributed by atoms with Gasteiger partial charge in [0.2, 0.25) is 5.91 Å². The number of hydrogen-bond acceptors (Lipinski definition) is 6. The molecular formula is C20H17N3O3S. The lowest BCUT2D eigenvalue weighted by Crippen LogP contribution is -2.22. The second kappa shape index (κ2) is 7.28. The first-order chi connectivity index (χ1) is 13.1. The lowest BCUT2D eigenvalue weighted by atomic mass is 10.1. The summed E-state index contributed by atoms with van der Waals surface area (Å²) in [6.07, 6.45) is 1.57. The summed E-state index contributed by atoms with van der Waals surface area (Å²) in [4.78, 5) is 12.5. The zero-order chi connectivity index (χ0) is 18.8. The van der Waals surface area contributed by atoms with Crippen LogP contribution in [-0.2, 0) is 4.79 Å². The maximum absolute atomic E-state index is 12.5. The number of anilines is 1. The Morgan fingerprint density at radius 3 is 2.70 bits per heavy atom. The smallest absolute Gasteiger partial charge is 0.277 e. The van der Waals surface area contributed by atoms with E-state index in [1.807, 2.05) is 49.4 Å². The number of carbonyl (C=O) groups is 1. The molecule has 27 heavy (non-hydrogen) atoms. The van der Waals surface area contributed by atoms with Crippen LogP contribution in [0.4, 0.5) is 5.69 Å². The van der Waals surface area contributed by atoms with Crippen molar-refractivity contribution in [3.05, 3.63) is 60.6 Å². The van der Waals surface area contributed by atoms with E-state index in [1.54, 1.807) is 19.3 Å². The zero-order valence-corrected chi connectivity index (χ0v) is 15.6. The zero-order valence-electron chi connectivity index (χ0n) is 14.8. The van der Waals surface area contributed by atoms with Crippen LogP contribution in [0.5, 0.6) is 0 Å². The van der Waals surface area contributed by atoms with E-state index in [4.69, 9.17) is 8.83 Å². The molecule has 7 heteroatoms. The number of furan rings is 1. The number of aromatic nitrogens is 2. The molecule has 0 saturated heterocycles. The third kappa shape index (κ3) is 3.73. The van der Waals surface area contributed by atoms with Gasteiger partial charge in [-0.1, -0.05) is 42.1 Å². The van der Waals surface area contributed by atoms with E-state index < -0.39 is 5.25 Å². The van der Waals surface area contributed by atoms with Gasteiger partial charge in [-0.05, 0) is 42.8 Å². The van der Waals surface area contributed by atoms with Gasteiger partial charge < -0.3 is 14.2 Å². The van der Waals surface area contributed by atoms with Crippen molar-refractivity contribution in [3.8, 4) is 11.5 Å². The number of hydrogen-bond donors (Lipinski definition) is 1. The monoisotopic (exact) mass is 379 g/mol. The van der Waals surface area contributed by atoms with E-state index in [0.29, 0.717) is 16.9 Å². The fraction of sp³-hybridized carbons (Fsp3) is 0.150. The van der Waals surface area contributed by atoms with Crippen molar-refractivity contribution in [2.45, 2.75) is 24.3 Å². The Morgan fingerprint density at radius 2 is 1.93 bits per heavy atom. The van der Waals surface area contributed by atoms with Crippen LogP contribution < -0.4 is 5.32 Å². The summed E-state index contributed by atoms with van der Waals surface area (Å²) in [7, 11) is 0. The van der Waals surface area contributed by atoms with E-state index in [-0.39, 0.29) is 5.91 Å². The average Bonchev–Trinajstić information content (AvgIpc) is 3.30. The summed E-state index contributed by atoms with van der Waals surface area (Å²) >= 11 is 1.22. The van der Waals surface area contributed by atoms with Crippen molar-refractivity contribution in [3.63, 3.8) is 0 Å². The standard InChI is InChI=1S/C20H17N3O3S/c1-12-17(9-10-25-12)19-22-23-20(26-19)27-13(2)18(24)21-16-8-7-14-5-3-4-6-15(14)11-16/h3-11,13H,1-2H3,(H,21,24)/t13-/m0/s1. The van der Waals surface area contributed by atoms with Gasteiger partial charge in [-0.25, -0.2) is 0 Å². The fourth-order valence-electron chi connectivity index (χ4n) is 2.69. The number of nitrogens with zero attached hydrogens (tertiary/aromatic N) is 2. The van der Waals surface area contributed by atoms with Gasteiger partial charge in [-0.3, -0.25) is 4.79 Å². The predicted octanol–water partition coefficient (Wildman–Crippen LogP) is 4.91. The molecule has 0 bridgehead atoms. The highest BCUT2D eigenvalue weighted by atomic mass is 32.2. The molecular weight excluding hydrogens is 362 g/mol. The summed E-state index contributed by atoms with van der Waals surface area (Å²) < 4.78 is 10.9. The maximum Gasteiger partial charge on any atom is 0.277 e. The van der Waals surface area contributed by atoms with Crippen molar-refractivity contribution in [2.75, 3.05) is 5.32 Å². The second-order valence-corrected chi connectivity index (χ2v) is 7.37. The Bertz CT molecular complexity index is 1100. The van der Waals surface area contributed by atoms with Crippen LogP contribution in [0.3, 0.4) is 0 Å². The molecule has 6 nitrogen and oxygen atoms in total. The van der Waals surface area contributed by atoms with Crippen molar-refractivity contribution in [1.82, 2.24) is 10.2 Å². The predicted molar refractivity (Wildman–Crippen MR) is 105 cm³/mol. The van der Waals surface area contributed by atoms with E-state index in [9.17, 15) is 4.79 Å². The summed E-state index contributed by atoms with van der Waals surface area (Å²) in [6.45, 7) is 3.63. The average molecular weight is 379 g/mol. The Morgan fingerprint density at radius 1 is 1.11 bits per heavy atom. The van der Waals surface area contributed by atoms with Crippen LogP contribution in [0.15, 0.2) is 68.9 Å². The minimum Gasteiger partial charge on any atom is -0.469 e. The van der Waals surface area contributed by atoms with Crippen molar-refractivity contribution in [2.24, 2.45) is 0 Å². The van der Waals surface area contributed by atoms with Gasteiger partial charge in [-0.15, -0.1) is 10.2 Å². The van der Waals surface area contributed by atoms with Gasteiger partial charge in [0.15, 0.2) is 0 Å². The van der Waals surface area contributed by atoms with E-state index in [0.717, 1.165) is 22.0 Å². The molecule has 2 aromatic carbocycles. The number of benzene rings is 2. The SMILES string of the molecule is Cc1occc1-c1nnc(S[C@@H](C)C(=O)Nc2ccc3ccccc3c2)o1. The molecule has 0 saturated carbocycles. The lowest BCUT2D eigenvalue weighted by Gasteiger charge is -2.10. The van der Waals surface area contributed by atoms with Crippen LogP contribution in [0.1, 0.15) is 12.7 Å². The summed E-state index contributed by atoms with van der Waals surface area (Å²) in [6, 6.07) is 15.6. The third-order valence-electron chi connectivity index (χ3n) is 4.16. The molecule has 0 radical (unpaired) electrons. The van der Waals surface area contributed by atoms with Crippen molar-refractivity contribution in [1.29, 1.82) is 0 Å². The van der Waals surface area contributed by atoms with Gasteiger partial charge in [0.25, 0.3) is 11.1 Å². The molecule has 0 fully saturated rings. The maximum atomic E-state index is 12.5. The first kappa shape index (κ1) is 17.4. The van der Waals surface area contributed by atoms with Crippen LogP contribution in [-0.4, -0.2) is 21.4 Å². The van der Waals surface area contributed by atoms with Gasteiger partial charge in [0.05, 0.1) is 17.1 Å². The number of amides is 1. The number of fused-ring (bicyclic) bond motifs is 1. The molecule has 1 amide bonds. The second-order valence-electron chi connectivity index (χ2n) is 6.07. The van der Waals surface area contributed by atoms with Crippen molar-refractivity contribution < 1.29 is 13.6 Å². The summed E-state index contributed by atoms with van der Waals surface area (Å²) in [5.74, 6) is 0.956. The Labute approximate surface area is 160 Å².